The monoisotopic (exact) mass is 285 g/mol. The summed E-state index contributed by atoms with van der Waals surface area (Å²) in [6.07, 6.45) is 2.37. The van der Waals surface area contributed by atoms with Crippen molar-refractivity contribution in [1.29, 1.82) is 0 Å². The first-order chi connectivity index (χ1) is 7.72. The number of carbonyl (C=O) groups excluding carboxylic acids is 1. The van der Waals surface area contributed by atoms with Crippen LogP contribution in [0.3, 0.4) is 0 Å². The lowest BCUT2D eigenvalue weighted by Crippen LogP contribution is -2.26. The molecule has 1 rings (SSSR count). The number of hydrogen-bond acceptors (Lipinski definition) is 2. The molecule has 1 amide bonds. The minimum atomic E-state index is 0.000160. The second-order valence-electron chi connectivity index (χ2n) is 3.59. The number of halogens is 1. The van der Waals surface area contributed by atoms with E-state index in [9.17, 15) is 9.90 Å². The Kier molecular flexibility index (Phi) is 5.93. The van der Waals surface area contributed by atoms with Crippen molar-refractivity contribution in [3.63, 3.8) is 0 Å². The van der Waals surface area contributed by atoms with Crippen LogP contribution in [0.1, 0.15) is 18.4 Å². The Morgan fingerprint density at radius 3 is 2.88 bits per heavy atom. The standard InChI is InChI=1S/C12H16BrNO2/c13-6-1-2-7-14-12(16)9-10-4-3-5-11(15)8-10/h3-5,8,15H,1-2,6-7,9H2,(H,14,16). The third-order valence-corrected chi connectivity index (χ3v) is 2.72. The molecule has 1 aromatic carbocycles. The Balaban J connectivity index is 2.29. The Labute approximate surface area is 104 Å². The SMILES string of the molecule is O=C(Cc1cccc(O)c1)NCCCCBr. The molecule has 88 valence electrons. The van der Waals surface area contributed by atoms with Crippen LogP contribution < -0.4 is 5.32 Å². The van der Waals surface area contributed by atoms with E-state index in [1.807, 2.05) is 6.07 Å². The van der Waals surface area contributed by atoms with Gasteiger partial charge >= 0.3 is 0 Å². The molecule has 0 heterocycles. The second-order valence-corrected chi connectivity index (χ2v) is 4.39. The minimum absolute atomic E-state index is 0.000160. The highest BCUT2D eigenvalue weighted by Gasteiger charge is 2.02. The number of aromatic hydroxyl groups is 1. The van der Waals surface area contributed by atoms with Crippen LogP contribution in [0.2, 0.25) is 0 Å². The summed E-state index contributed by atoms with van der Waals surface area (Å²) in [6, 6.07) is 6.77. The van der Waals surface area contributed by atoms with E-state index in [0.717, 1.165) is 23.7 Å². The molecule has 0 unspecified atom stereocenters. The van der Waals surface area contributed by atoms with Crippen molar-refractivity contribution in [2.24, 2.45) is 0 Å². The van der Waals surface area contributed by atoms with Gasteiger partial charge in [-0.2, -0.15) is 0 Å². The van der Waals surface area contributed by atoms with Crippen LogP contribution >= 0.6 is 15.9 Å². The number of carbonyl (C=O) groups is 1. The zero-order valence-corrected chi connectivity index (χ0v) is 10.7. The summed E-state index contributed by atoms with van der Waals surface area (Å²) in [7, 11) is 0. The number of nitrogens with one attached hydrogen (secondary N) is 1. The lowest BCUT2D eigenvalue weighted by molar-refractivity contribution is -0.120. The molecule has 4 heteroatoms. The lowest BCUT2D eigenvalue weighted by Gasteiger charge is -2.04. The lowest BCUT2D eigenvalue weighted by atomic mass is 10.1. The molecule has 0 spiro atoms. The molecule has 0 atom stereocenters. The van der Waals surface area contributed by atoms with Gasteiger partial charge in [0.2, 0.25) is 5.91 Å². The fourth-order valence-electron chi connectivity index (χ4n) is 1.36. The van der Waals surface area contributed by atoms with E-state index in [2.05, 4.69) is 21.2 Å². The zero-order chi connectivity index (χ0) is 11.8. The van der Waals surface area contributed by atoms with Crippen LogP contribution in [0.5, 0.6) is 5.75 Å². The number of phenolic OH excluding ortho intramolecular Hbond substituents is 1. The number of rotatable bonds is 6. The maximum absolute atomic E-state index is 11.5. The topological polar surface area (TPSA) is 49.3 Å². The quantitative estimate of drug-likeness (QED) is 0.622. The van der Waals surface area contributed by atoms with Gasteiger partial charge in [0, 0.05) is 11.9 Å². The number of hydrogen-bond donors (Lipinski definition) is 2. The van der Waals surface area contributed by atoms with Gasteiger partial charge < -0.3 is 10.4 Å². The van der Waals surface area contributed by atoms with E-state index in [1.54, 1.807) is 18.2 Å². The van der Waals surface area contributed by atoms with Gasteiger partial charge in [0.05, 0.1) is 6.42 Å². The van der Waals surface area contributed by atoms with Crippen LogP contribution in [0, 0.1) is 0 Å². The fraction of sp³-hybridized carbons (Fsp3) is 0.417. The van der Waals surface area contributed by atoms with Gasteiger partial charge in [-0.05, 0) is 30.5 Å². The van der Waals surface area contributed by atoms with Crippen LogP contribution in [0.4, 0.5) is 0 Å². The molecule has 0 saturated heterocycles. The summed E-state index contributed by atoms with van der Waals surface area (Å²) in [5, 5.41) is 13.0. The number of amides is 1. The van der Waals surface area contributed by atoms with E-state index in [0.29, 0.717) is 13.0 Å². The van der Waals surface area contributed by atoms with Crippen LogP contribution in [0.25, 0.3) is 0 Å². The average Bonchev–Trinajstić information content (AvgIpc) is 2.24. The highest BCUT2D eigenvalue weighted by Crippen LogP contribution is 2.11. The molecule has 16 heavy (non-hydrogen) atoms. The highest BCUT2D eigenvalue weighted by molar-refractivity contribution is 9.09. The molecule has 0 saturated carbocycles. The molecule has 0 aliphatic heterocycles. The molecule has 0 bridgehead atoms. The number of unbranched alkanes of at least 4 members (excludes halogenated alkanes) is 1. The number of benzene rings is 1. The first-order valence-corrected chi connectivity index (χ1v) is 6.45. The average molecular weight is 286 g/mol. The highest BCUT2D eigenvalue weighted by atomic mass is 79.9. The summed E-state index contributed by atoms with van der Waals surface area (Å²) in [6.45, 7) is 0.712. The molecule has 0 aliphatic rings. The van der Waals surface area contributed by atoms with Crippen molar-refractivity contribution in [3.8, 4) is 5.75 Å². The first-order valence-electron chi connectivity index (χ1n) is 5.33. The molecular formula is C12H16BrNO2. The van der Waals surface area contributed by atoms with E-state index < -0.39 is 0 Å². The van der Waals surface area contributed by atoms with E-state index in [1.165, 1.54) is 0 Å². The van der Waals surface area contributed by atoms with Gasteiger partial charge in [-0.25, -0.2) is 0 Å². The van der Waals surface area contributed by atoms with E-state index in [4.69, 9.17) is 0 Å². The number of alkyl halides is 1. The summed E-state index contributed by atoms with van der Waals surface area (Å²) in [5.74, 6) is 0.199. The molecule has 2 N–H and O–H groups in total. The maximum Gasteiger partial charge on any atom is 0.224 e. The van der Waals surface area contributed by atoms with Crippen molar-refractivity contribution in [2.45, 2.75) is 19.3 Å². The van der Waals surface area contributed by atoms with Crippen molar-refractivity contribution in [2.75, 3.05) is 11.9 Å². The molecule has 0 aliphatic carbocycles. The van der Waals surface area contributed by atoms with Crippen molar-refractivity contribution in [3.05, 3.63) is 29.8 Å². The van der Waals surface area contributed by atoms with Crippen molar-refractivity contribution in [1.82, 2.24) is 5.32 Å². The Morgan fingerprint density at radius 2 is 2.19 bits per heavy atom. The summed E-state index contributed by atoms with van der Waals surface area (Å²) in [4.78, 5) is 11.5. The van der Waals surface area contributed by atoms with Gasteiger partial charge in [0.15, 0.2) is 0 Å². The van der Waals surface area contributed by atoms with Crippen LogP contribution in [-0.2, 0) is 11.2 Å². The van der Waals surface area contributed by atoms with Gasteiger partial charge in [-0.3, -0.25) is 4.79 Å². The Bertz CT molecular complexity index is 342. The Hall–Kier alpha value is -1.03. The third-order valence-electron chi connectivity index (χ3n) is 2.16. The third kappa shape index (κ3) is 5.16. The maximum atomic E-state index is 11.5. The molecule has 1 aromatic rings. The minimum Gasteiger partial charge on any atom is -0.508 e. The van der Waals surface area contributed by atoms with Gasteiger partial charge in [0.25, 0.3) is 0 Å². The molecular weight excluding hydrogens is 270 g/mol. The second kappa shape index (κ2) is 7.28. The molecule has 0 aromatic heterocycles. The Morgan fingerprint density at radius 1 is 1.38 bits per heavy atom. The smallest absolute Gasteiger partial charge is 0.224 e. The van der Waals surface area contributed by atoms with Crippen LogP contribution in [-0.4, -0.2) is 22.9 Å². The number of phenols is 1. The first kappa shape index (κ1) is 13.0. The van der Waals surface area contributed by atoms with Crippen molar-refractivity contribution >= 4 is 21.8 Å². The summed E-state index contributed by atoms with van der Waals surface area (Å²) < 4.78 is 0. The van der Waals surface area contributed by atoms with Gasteiger partial charge in [-0.1, -0.05) is 28.1 Å². The van der Waals surface area contributed by atoms with Gasteiger partial charge in [0.1, 0.15) is 5.75 Å². The van der Waals surface area contributed by atoms with E-state index >= 15 is 0 Å². The summed E-state index contributed by atoms with van der Waals surface area (Å²) >= 11 is 3.34. The fourth-order valence-corrected chi connectivity index (χ4v) is 1.76. The summed E-state index contributed by atoms with van der Waals surface area (Å²) in [5.41, 5.74) is 0.831. The van der Waals surface area contributed by atoms with Crippen LogP contribution in [0.15, 0.2) is 24.3 Å². The zero-order valence-electron chi connectivity index (χ0n) is 9.08. The van der Waals surface area contributed by atoms with Gasteiger partial charge in [-0.15, -0.1) is 0 Å². The predicted molar refractivity (Wildman–Crippen MR) is 67.8 cm³/mol. The van der Waals surface area contributed by atoms with Crippen molar-refractivity contribution < 1.29 is 9.90 Å². The predicted octanol–water partition coefficient (Wildman–Crippen LogP) is 2.23. The van der Waals surface area contributed by atoms with E-state index in [-0.39, 0.29) is 11.7 Å². The largest absolute Gasteiger partial charge is 0.508 e. The normalized spacial score (nSPS) is 10.1. The molecule has 0 radical (unpaired) electrons. The molecule has 3 nitrogen and oxygen atoms in total. The molecule has 0 fully saturated rings.